The molecule has 0 bridgehead atoms. The number of halogens is 1. The summed E-state index contributed by atoms with van der Waals surface area (Å²) in [6, 6.07) is 0. The fraction of sp³-hybridized carbons (Fsp3) is 0.462. The standard InChI is InChI=1S/C13H18BrN5/c1-5-15-13-10(14)11(8(2)3)17-12(18-13)9-6-16-19(4)7-9/h6-8H,5H2,1-4H3,(H,15,17,18). The minimum absolute atomic E-state index is 0.324. The summed E-state index contributed by atoms with van der Waals surface area (Å²) in [7, 11) is 1.89. The van der Waals surface area contributed by atoms with Crippen LogP contribution in [-0.4, -0.2) is 26.3 Å². The summed E-state index contributed by atoms with van der Waals surface area (Å²) in [5, 5.41) is 7.43. The predicted octanol–water partition coefficient (Wildman–Crippen LogP) is 3.19. The van der Waals surface area contributed by atoms with Gasteiger partial charge < -0.3 is 5.32 Å². The Labute approximate surface area is 121 Å². The number of aromatic nitrogens is 4. The second-order valence-corrected chi connectivity index (χ2v) is 5.48. The summed E-state index contributed by atoms with van der Waals surface area (Å²) in [5.41, 5.74) is 1.93. The van der Waals surface area contributed by atoms with Crippen LogP contribution in [0.15, 0.2) is 16.9 Å². The van der Waals surface area contributed by atoms with Crippen LogP contribution in [0.2, 0.25) is 0 Å². The van der Waals surface area contributed by atoms with Gasteiger partial charge in [-0.15, -0.1) is 0 Å². The van der Waals surface area contributed by atoms with Crippen LogP contribution < -0.4 is 5.32 Å². The molecule has 6 heteroatoms. The number of nitrogens with zero attached hydrogens (tertiary/aromatic N) is 4. The lowest BCUT2D eigenvalue weighted by molar-refractivity contribution is 0.767. The molecule has 2 rings (SSSR count). The molecule has 0 amide bonds. The minimum atomic E-state index is 0.324. The van der Waals surface area contributed by atoms with E-state index in [9.17, 15) is 0 Å². The Kier molecular flexibility index (Phi) is 4.19. The Morgan fingerprint density at radius 1 is 1.37 bits per heavy atom. The van der Waals surface area contributed by atoms with E-state index in [0.29, 0.717) is 11.7 Å². The molecule has 0 aliphatic carbocycles. The van der Waals surface area contributed by atoms with E-state index in [2.05, 4.69) is 50.2 Å². The third-order valence-electron chi connectivity index (χ3n) is 2.73. The van der Waals surface area contributed by atoms with Gasteiger partial charge in [0.05, 0.1) is 21.9 Å². The first-order chi connectivity index (χ1) is 9.02. The summed E-state index contributed by atoms with van der Waals surface area (Å²) in [6.07, 6.45) is 3.70. The Morgan fingerprint density at radius 3 is 2.63 bits per heavy atom. The molecule has 0 aliphatic rings. The summed E-state index contributed by atoms with van der Waals surface area (Å²) in [5.74, 6) is 1.86. The second kappa shape index (κ2) is 5.69. The van der Waals surface area contributed by atoms with E-state index < -0.39 is 0 Å². The summed E-state index contributed by atoms with van der Waals surface area (Å²) < 4.78 is 2.69. The molecule has 2 heterocycles. The van der Waals surface area contributed by atoms with E-state index in [-0.39, 0.29) is 0 Å². The van der Waals surface area contributed by atoms with Gasteiger partial charge in [-0.25, -0.2) is 9.97 Å². The normalized spacial score (nSPS) is 11.1. The molecular formula is C13H18BrN5. The topological polar surface area (TPSA) is 55.6 Å². The molecule has 0 aliphatic heterocycles. The number of hydrogen-bond acceptors (Lipinski definition) is 4. The van der Waals surface area contributed by atoms with E-state index in [1.807, 2.05) is 20.2 Å². The highest BCUT2D eigenvalue weighted by atomic mass is 79.9. The quantitative estimate of drug-likeness (QED) is 0.938. The first kappa shape index (κ1) is 14.0. The largest absolute Gasteiger partial charge is 0.369 e. The van der Waals surface area contributed by atoms with Crippen molar-refractivity contribution in [3.05, 3.63) is 22.6 Å². The molecule has 0 unspecified atom stereocenters. The SMILES string of the molecule is CCNc1nc(-c2cnn(C)c2)nc(C(C)C)c1Br. The summed E-state index contributed by atoms with van der Waals surface area (Å²) >= 11 is 3.59. The zero-order chi connectivity index (χ0) is 14.0. The van der Waals surface area contributed by atoms with Crippen LogP contribution in [0.1, 0.15) is 32.4 Å². The minimum Gasteiger partial charge on any atom is -0.369 e. The fourth-order valence-corrected chi connectivity index (χ4v) is 2.57. The number of rotatable bonds is 4. The average molecular weight is 324 g/mol. The van der Waals surface area contributed by atoms with Gasteiger partial charge in [0.1, 0.15) is 5.82 Å². The van der Waals surface area contributed by atoms with Crippen molar-refractivity contribution in [1.29, 1.82) is 0 Å². The highest BCUT2D eigenvalue weighted by Crippen LogP contribution is 2.31. The monoisotopic (exact) mass is 323 g/mol. The van der Waals surface area contributed by atoms with Gasteiger partial charge in [-0.1, -0.05) is 13.8 Å². The van der Waals surface area contributed by atoms with Crippen molar-refractivity contribution in [1.82, 2.24) is 19.7 Å². The van der Waals surface area contributed by atoms with Crippen molar-refractivity contribution in [2.75, 3.05) is 11.9 Å². The molecule has 0 spiro atoms. The first-order valence-corrected chi connectivity index (χ1v) is 7.12. The zero-order valence-electron chi connectivity index (χ0n) is 11.6. The lowest BCUT2D eigenvalue weighted by Gasteiger charge is -2.13. The molecule has 0 aromatic carbocycles. The molecule has 19 heavy (non-hydrogen) atoms. The highest BCUT2D eigenvalue weighted by Gasteiger charge is 2.16. The Balaban J connectivity index is 2.55. The van der Waals surface area contributed by atoms with Crippen LogP contribution >= 0.6 is 15.9 Å². The van der Waals surface area contributed by atoms with Crippen LogP contribution in [0, 0.1) is 0 Å². The molecule has 5 nitrogen and oxygen atoms in total. The van der Waals surface area contributed by atoms with Crippen molar-refractivity contribution in [2.24, 2.45) is 7.05 Å². The number of hydrogen-bond donors (Lipinski definition) is 1. The molecule has 1 N–H and O–H groups in total. The van der Waals surface area contributed by atoms with Crippen LogP contribution in [0.5, 0.6) is 0 Å². The van der Waals surface area contributed by atoms with Gasteiger partial charge in [0.15, 0.2) is 5.82 Å². The van der Waals surface area contributed by atoms with Crippen LogP contribution in [-0.2, 0) is 7.05 Å². The van der Waals surface area contributed by atoms with Crippen molar-refractivity contribution in [3.63, 3.8) is 0 Å². The first-order valence-electron chi connectivity index (χ1n) is 6.33. The van der Waals surface area contributed by atoms with E-state index >= 15 is 0 Å². The highest BCUT2D eigenvalue weighted by molar-refractivity contribution is 9.10. The maximum Gasteiger partial charge on any atom is 0.165 e. The lowest BCUT2D eigenvalue weighted by Crippen LogP contribution is -2.07. The second-order valence-electron chi connectivity index (χ2n) is 4.68. The molecule has 0 saturated heterocycles. The molecule has 0 atom stereocenters. The van der Waals surface area contributed by atoms with E-state index in [0.717, 1.165) is 28.1 Å². The third kappa shape index (κ3) is 2.94. The van der Waals surface area contributed by atoms with E-state index in [4.69, 9.17) is 0 Å². The van der Waals surface area contributed by atoms with Gasteiger partial charge in [-0.2, -0.15) is 5.10 Å². The Bertz CT molecular complexity index is 576. The molecule has 0 fully saturated rings. The van der Waals surface area contributed by atoms with Gasteiger partial charge >= 0.3 is 0 Å². The Morgan fingerprint density at radius 2 is 2.11 bits per heavy atom. The molecular weight excluding hydrogens is 306 g/mol. The zero-order valence-corrected chi connectivity index (χ0v) is 13.2. The van der Waals surface area contributed by atoms with Crippen LogP contribution in [0.25, 0.3) is 11.4 Å². The maximum atomic E-state index is 4.65. The summed E-state index contributed by atoms with van der Waals surface area (Å²) in [6.45, 7) is 7.11. The molecule has 2 aromatic heterocycles. The average Bonchev–Trinajstić information content (AvgIpc) is 2.78. The Hall–Kier alpha value is -1.43. The van der Waals surface area contributed by atoms with Crippen molar-refractivity contribution in [3.8, 4) is 11.4 Å². The fourth-order valence-electron chi connectivity index (χ4n) is 1.80. The summed E-state index contributed by atoms with van der Waals surface area (Å²) in [4.78, 5) is 9.21. The van der Waals surface area contributed by atoms with Crippen molar-refractivity contribution >= 4 is 21.7 Å². The van der Waals surface area contributed by atoms with Gasteiger partial charge in [0, 0.05) is 19.8 Å². The van der Waals surface area contributed by atoms with Gasteiger partial charge in [0.25, 0.3) is 0 Å². The van der Waals surface area contributed by atoms with E-state index in [1.54, 1.807) is 10.9 Å². The molecule has 0 radical (unpaired) electrons. The number of nitrogens with one attached hydrogen (secondary N) is 1. The van der Waals surface area contributed by atoms with Crippen molar-refractivity contribution < 1.29 is 0 Å². The maximum absolute atomic E-state index is 4.65. The predicted molar refractivity (Wildman–Crippen MR) is 80.2 cm³/mol. The number of aryl methyl sites for hydroxylation is 1. The smallest absolute Gasteiger partial charge is 0.165 e. The molecule has 2 aromatic rings. The molecule has 102 valence electrons. The van der Waals surface area contributed by atoms with Crippen LogP contribution in [0.3, 0.4) is 0 Å². The van der Waals surface area contributed by atoms with Gasteiger partial charge in [0.2, 0.25) is 0 Å². The lowest BCUT2D eigenvalue weighted by atomic mass is 10.1. The van der Waals surface area contributed by atoms with Gasteiger partial charge in [-0.05, 0) is 28.8 Å². The van der Waals surface area contributed by atoms with Gasteiger partial charge in [-0.3, -0.25) is 4.68 Å². The number of anilines is 1. The third-order valence-corrected chi connectivity index (χ3v) is 3.51. The molecule has 0 saturated carbocycles. The van der Waals surface area contributed by atoms with Crippen molar-refractivity contribution in [2.45, 2.75) is 26.7 Å². The van der Waals surface area contributed by atoms with Crippen LogP contribution in [0.4, 0.5) is 5.82 Å². The van der Waals surface area contributed by atoms with E-state index in [1.165, 1.54) is 0 Å².